The fourth-order valence-electron chi connectivity index (χ4n) is 3.48. The Balaban J connectivity index is 1.71. The molecule has 0 aromatic heterocycles. The molecular formula is C20H19F3N2O. The highest BCUT2D eigenvalue weighted by Gasteiger charge is 2.35. The number of nitrogens with zero attached hydrogens (tertiary/aromatic N) is 1. The van der Waals surface area contributed by atoms with Crippen LogP contribution < -0.4 is 5.32 Å². The first-order valence-corrected chi connectivity index (χ1v) is 8.75. The molecule has 1 heterocycles. The van der Waals surface area contributed by atoms with E-state index in [1.54, 1.807) is 4.90 Å². The van der Waals surface area contributed by atoms with E-state index in [4.69, 9.17) is 0 Å². The Labute approximate surface area is 149 Å². The van der Waals surface area contributed by atoms with Crippen molar-refractivity contribution in [2.24, 2.45) is 0 Å². The van der Waals surface area contributed by atoms with Crippen LogP contribution in [0.5, 0.6) is 0 Å². The molecule has 1 atom stereocenters. The van der Waals surface area contributed by atoms with E-state index in [9.17, 15) is 18.0 Å². The van der Waals surface area contributed by atoms with Crippen LogP contribution in [0.2, 0.25) is 0 Å². The molecule has 1 aliphatic heterocycles. The second-order valence-corrected chi connectivity index (χ2v) is 6.89. The molecule has 136 valence electrons. The monoisotopic (exact) mass is 360 g/mol. The molecule has 1 unspecified atom stereocenters. The number of carbonyl (C=O) groups is 1. The molecule has 1 N–H and O–H groups in total. The molecule has 1 fully saturated rings. The van der Waals surface area contributed by atoms with Crippen LogP contribution in [0.1, 0.15) is 41.1 Å². The van der Waals surface area contributed by atoms with Gasteiger partial charge in [-0.2, -0.15) is 13.2 Å². The maximum absolute atomic E-state index is 12.9. The van der Waals surface area contributed by atoms with Crippen LogP contribution in [0.25, 0.3) is 0 Å². The van der Waals surface area contributed by atoms with E-state index in [1.807, 2.05) is 24.3 Å². The minimum atomic E-state index is -4.37. The van der Waals surface area contributed by atoms with Gasteiger partial charge in [0.1, 0.15) is 0 Å². The van der Waals surface area contributed by atoms with Gasteiger partial charge in [0, 0.05) is 12.6 Å². The molecule has 4 rings (SSSR count). The van der Waals surface area contributed by atoms with Gasteiger partial charge in [-0.15, -0.1) is 0 Å². The van der Waals surface area contributed by atoms with Crippen molar-refractivity contribution in [1.82, 2.24) is 10.2 Å². The van der Waals surface area contributed by atoms with Crippen molar-refractivity contribution in [2.45, 2.75) is 37.5 Å². The van der Waals surface area contributed by atoms with E-state index < -0.39 is 11.7 Å². The van der Waals surface area contributed by atoms with Gasteiger partial charge in [-0.1, -0.05) is 36.4 Å². The predicted molar refractivity (Wildman–Crippen MR) is 91.7 cm³/mol. The van der Waals surface area contributed by atoms with Gasteiger partial charge in [0.05, 0.1) is 11.6 Å². The van der Waals surface area contributed by atoms with E-state index >= 15 is 0 Å². The van der Waals surface area contributed by atoms with Crippen molar-refractivity contribution in [3.05, 3.63) is 70.8 Å². The van der Waals surface area contributed by atoms with Gasteiger partial charge in [0.15, 0.2) is 0 Å². The van der Waals surface area contributed by atoms with Crippen LogP contribution in [0.4, 0.5) is 18.0 Å². The van der Waals surface area contributed by atoms with Crippen molar-refractivity contribution in [3.63, 3.8) is 0 Å². The minimum absolute atomic E-state index is 0.146. The summed E-state index contributed by atoms with van der Waals surface area (Å²) in [5.41, 5.74) is 2.12. The van der Waals surface area contributed by atoms with Gasteiger partial charge in [-0.3, -0.25) is 0 Å². The first-order chi connectivity index (χ1) is 12.4. The Bertz CT molecular complexity index is 813. The Morgan fingerprint density at radius 1 is 1.04 bits per heavy atom. The van der Waals surface area contributed by atoms with E-state index in [1.165, 1.54) is 12.1 Å². The van der Waals surface area contributed by atoms with Crippen LogP contribution in [-0.4, -0.2) is 23.5 Å². The summed E-state index contributed by atoms with van der Waals surface area (Å²) in [6.45, 7) is 0.543. The quantitative estimate of drug-likeness (QED) is 0.839. The smallest absolute Gasteiger partial charge is 0.335 e. The summed E-state index contributed by atoms with van der Waals surface area (Å²) in [7, 11) is 0. The highest BCUT2D eigenvalue weighted by molar-refractivity contribution is 5.76. The number of urea groups is 1. The van der Waals surface area contributed by atoms with Crippen LogP contribution >= 0.6 is 0 Å². The van der Waals surface area contributed by atoms with E-state index in [0.717, 1.165) is 42.5 Å². The fourth-order valence-corrected chi connectivity index (χ4v) is 3.48. The van der Waals surface area contributed by atoms with Gasteiger partial charge < -0.3 is 10.2 Å². The lowest BCUT2D eigenvalue weighted by Gasteiger charge is -2.37. The first kappa shape index (κ1) is 16.9. The number of alkyl halides is 3. The largest absolute Gasteiger partial charge is 0.416 e. The summed E-state index contributed by atoms with van der Waals surface area (Å²) >= 11 is 0. The lowest BCUT2D eigenvalue weighted by atomic mass is 9.88. The molecule has 0 radical (unpaired) electrons. The zero-order chi connectivity index (χ0) is 18.3. The molecule has 0 bridgehead atoms. The molecular weight excluding hydrogens is 341 g/mol. The van der Waals surface area contributed by atoms with Crippen molar-refractivity contribution in [3.8, 4) is 0 Å². The predicted octanol–water partition coefficient (Wildman–Crippen LogP) is 4.52. The second-order valence-electron chi connectivity index (χ2n) is 6.89. The number of benzene rings is 2. The Morgan fingerprint density at radius 2 is 1.73 bits per heavy atom. The molecule has 3 nitrogen and oxygen atoms in total. The van der Waals surface area contributed by atoms with Crippen LogP contribution in [0.15, 0.2) is 48.5 Å². The molecule has 2 amide bonds. The molecule has 2 aromatic rings. The number of halogens is 3. The van der Waals surface area contributed by atoms with E-state index in [0.29, 0.717) is 12.1 Å². The maximum Gasteiger partial charge on any atom is 0.416 e. The van der Waals surface area contributed by atoms with Gasteiger partial charge in [-0.25, -0.2) is 4.79 Å². The summed E-state index contributed by atoms with van der Waals surface area (Å²) in [5, 5.41) is 3.00. The lowest BCUT2D eigenvalue weighted by molar-refractivity contribution is -0.137. The van der Waals surface area contributed by atoms with Crippen LogP contribution in [0.3, 0.4) is 0 Å². The highest BCUT2D eigenvalue weighted by atomic mass is 19.4. The molecule has 1 saturated carbocycles. The van der Waals surface area contributed by atoms with Gasteiger partial charge in [0.2, 0.25) is 0 Å². The number of hydrogen-bond acceptors (Lipinski definition) is 1. The fraction of sp³-hybridized carbons (Fsp3) is 0.350. The summed E-state index contributed by atoms with van der Waals surface area (Å²) < 4.78 is 38.6. The molecule has 6 heteroatoms. The SMILES string of the molecule is O=C(NC1CC1)N1CCc2ccccc2C1c1ccc(C(F)(F)F)cc1. The average Bonchev–Trinajstić information content (AvgIpc) is 3.44. The summed E-state index contributed by atoms with van der Waals surface area (Å²) in [6, 6.07) is 12.7. The van der Waals surface area contributed by atoms with E-state index in [-0.39, 0.29) is 18.1 Å². The molecule has 0 spiro atoms. The normalized spacial score (nSPS) is 19.8. The number of carbonyl (C=O) groups excluding carboxylic acids is 1. The summed E-state index contributed by atoms with van der Waals surface area (Å²) in [5.74, 6) is 0. The molecule has 2 aliphatic rings. The Morgan fingerprint density at radius 3 is 2.38 bits per heavy atom. The first-order valence-electron chi connectivity index (χ1n) is 8.75. The van der Waals surface area contributed by atoms with Gasteiger partial charge in [-0.05, 0) is 48.1 Å². The summed E-state index contributed by atoms with van der Waals surface area (Å²) in [4.78, 5) is 14.4. The highest BCUT2D eigenvalue weighted by Crippen LogP contribution is 2.37. The van der Waals surface area contributed by atoms with E-state index in [2.05, 4.69) is 5.32 Å². The lowest BCUT2D eigenvalue weighted by Crippen LogP contribution is -2.46. The van der Waals surface area contributed by atoms with Crippen molar-refractivity contribution in [2.75, 3.05) is 6.54 Å². The number of hydrogen-bond donors (Lipinski definition) is 1. The zero-order valence-corrected chi connectivity index (χ0v) is 14.1. The molecule has 1 aliphatic carbocycles. The number of rotatable bonds is 2. The second kappa shape index (κ2) is 6.34. The minimum Gasteiger partial charge on any atom is -0.335 e. The van der Waals surface area contributed by atoms with Crippen molar-refractivity contribution >= 4 is 6.03 Å². The topological polar surface area (TPSA) is 32.3 Å². The van der Waals surface area contributed by atoms with Crippen LogP contribution in [-0.2, 0) is 12.6 Å². The standard InChI is InChI=1S/C20H19F3N2O/c21-20(22,23)15-7-5-14(6-8-15)18-17-4-2-1-3-13(17)11-12-25(18)19(26)24-16-9-10-16/h1-8,16,18H,9-12H2,(H,24,26). The number of nitrogens with one attached hydrogen (secondary N) is 1. The van der Waals surface area contributed by atoms with Gasteiger partial charge >= 0.3 is 12.2 Å². The molecule has 26 heavy (non-hydrogen) atoms. The molecule has 2 aromatic carbocycles. The zero-order valence-electron chi connectivity index (χ0n) is 14.1. The number of amides is 2. The Hall–Kier alpha value is -2.50. The third kappa shape index (κ3) is 3.28. The van der Waals surface area contributed by atoms with Crippen LogP contribution in [0, 0.1) is 0 Å². The third-order valence-electron chi connectivity index (χ3n) is 5.00. The average molecular weight is 360 g/mol. The van der Waals surface area contributed by atoms with Crippen molar-refractivity contribution < 1.29 is 18.0 Å². The van der Waals surface area contributed by atoms with Crippen molar-refractivity contribution in [1.29, 1.82) is 0 Å². The maximum atomic E-state index is 12.9. The summed E-state index contributed by atoms with van der Waals surface area (Å²) in [6.07, 6.45) is -1.65. The number of fused-ring (bicyclic) bond motifs is 1. The molecule has 0 saturated heterocycles. The van der Waals surface area contributed by atoms with Gasteiger partial charge in [0.25, 0.3) is 0 Å². The third-order valence-corrected chi connectivity index (χ3v) is 5.00. The Kier molecular flexibility index (Phi) is 4.13.